The molecular weight excluding hydrogens is 291 g/mol. The third-order valence-electron chi connectivity index (χ3n) is 2.49. The van der Waals surface area contributed by atoms with Crippen LogP contribution in [0.15, 0.2) is 24.4 Å². The first-order valence-electron chi connectivity index (χ1n) is 5.32. The maximum absolute atomic E-state index is 6.13. The van der Waals surface area contributed by atoms with Crippen LogP contribution in [0.3, 0.4) is 0 Å². The fourth-order valence-corrected chi connectivity index (χ4v) is 3.27. The van der Waals surface area contributed by atoms with Crippen molar-refractivity contribution in [2.75, 3.05) is 12.4 Å². The van der Waals surface area contributed by atoms with E-state index in [4.69, 9.17) is 27.9 Å². The second-order valence-corrected chi connectivity index (χ2v) is 5.99. The zero-order valence-corrected chi connectivity index (χ0v) is 12.2. The van der Waals surface area contributed by atoms with E-state index >= 15 is 0 Å². The van der Waals surface area contributed by atoms with Gasteiger partial charge in [0.1, 0.15) is 0 Å². The Hall–Kier alpha value is -0.970. The maximum Gasteiger partial charge on any atom is 0.237 e. The van der Waals surface area contributed by atoms with Crippen LogP contribution >= 0.6 is 34.5 Å². The molecule has 0 aromatic carbocycles. The van der Waals surface area contributed by atoms with Gasteiger partial charge in [-0.1, -0.05) is 23.2 Å². The SMILES string of the molecule is COc1ncccc1NC(C)c1cc(Cl)sc1Cl. The van der Waals surface area contributed by atoms with Crippen molar-refractivity contribution in [3.63, 3.8) is 0 Å². The highest BCUT2D eigenvalue weighted by atomic mass is 35.5. The zero-order valence-electron chi connectivity index (χ0n) is 9.91. The fourth-order valence-electron chi connectivity index (χ4n) is 1.62. The number of methoxy groups -OCH3 is 1. The second-order valence-electron chi connectivity index (χ2n) is 3.71. The van der Waals surface area contributed by atoms with Gasteiger partial charge in [0.2, 0.25) is 5.88 Å². The van der Waals surface area contributed by atoms with Crippen molar-refractivity contribution in [2.24, 2.45) is 0 Å². The monoisotopic (exact) mass is 302 g/mol. The molecule has 0 saturated carbocycles. The fraction of sp³-hybridized carbons (Fsp3) is 0.250. The number of ether oxygens (including phenoxy) is 1. The summed E-state index contributed by atoms with van der Waals surface area (Å²) >= 11 is 13.4. The van der Waals surface area contributed by atoms with E-state index < -0.39 is 0 Å². The summed E-state index contributed by atoms with van der Waals surface area (Å²) in [4.78, 5) is 4.13. The number of pyridine rings is 1. The normalized spacial score (nSPS) is 12.2. The van der Waals surface area contributed by atoms with Crippen LogP contribution in [0, 0.1) is 0 Å². The molecule has 0 fully saturated rings. The van der Waals surface area contributed by atoms with Crippen LogP contribution in [0.5, 0.6) is 5.88 Å². The molecule has 96 valence electrons. The number of hydrogen-bond acceptors (Lipinski definition) is 4. The topological polar surface area (TPSA) is 34.1 Å². The van der Waals surface area contributed by atoms with E-state index in [1.165, 1.54) is 11.3 Å². The number of nitrogens with one attached hydrogen (secondary N) is 1. The van der Waals surface area contributed by atoms with Crippen LogP contribution in [0.1, 0.15) is 18.5 Å². The molecule has 0 bridgehead atoms. The van der Waals surface area contributed by atoms with Gasteiger partial charge in [-0.2, -0.15) is 0 Å². The van der Waals surface area contributed by atoms with Crippen molar-refractivity contribution >= 4 is 40.2 Å². The lowest BCUT2D eigenvalue weighted by molar-refractivity contribution is 0.399. The third kappa shape index (κ3) is 2.88. The minimum atomic E-state index is 0.0272. The molecule has 0 aliphatic carbocycles. The Labute approximate surface area is 120 Å². The number of rotatable bonds is 4. The molecule has 0 aliphatic rings. The molecule has 0 spiro atoms. The second kappa shape index (κ2) is 5.78. The highest BCUT2D eigenvalue weighted by molar-refractivity contribution is 7.20. The molecule has 1 unspecified atom stereocenters. The summed E-state index contributed by atoms with van der Waals surface area (Å²) in [5, 5.41) is 3.31. The van der Waals surface area contributed by atoms with Crippen LogP contribution < -0.4 is 10.1 Å². The van der Waals surface area contributed by atoms with Crippen molar-refractivity contribution in [1.82, 2.24) is 4.98 Å². The number of aromatic nitrogens is 1. The van der Waals surface area contributed by atoms with Crippen molar-refractivity contribution in [1.29, 1.82) is 0 Å². The molecule has 0 radical (unpaired) electrons. The minimum absolute atomic E-state index is 0.0272. The summed E-state index contributed by atoms with van der Waals surface area (Å²) in [5.74, 6) is 0.557. The summed E-state index contributed by atoms with van der Waals surface area (Å²) in [6.45, 7) is 2.01. The Bertz CT molecular complexity index is 545. The van der Waals surface area contributed by atoms with Gasteiger partial charge < -0.3 is 10.1 Å². The molecule has 18 heavy (non-hydrogen) atoms. The summed E-state index contributed by atoms with van der Waals surface area (Å²) in [5.41, 5.74) is 1.79. The van der Waals surface area contributed by atoms with E-state index in [9.17, 15) is 0 Å². The predicted octanol–water partition coefficient (Wildman–Crippen LogP) is 4.63. The lowest BCUT2D eigenvalue weighted by Gasteiger charge is -2.16. The summed E-state index contributed by atoms with van der Waals surface area (Å²) in [6, 6.07) is 5.65. The van der Waals surface area contributed by atoms with E-state index in [2.05, 4.69) is 10.3 Å². The minimum Gasteiger partial charge on any atom is -0.480 e. The number of hydrogen-bond donors (Lipinski definition) is 1. The molecular formula is C12H12Cl2N2OS. The van der Waals surface area contributed by atoms with Gasteiger partial charge in [0.25, 0.3) is 0 Å². The van der Waals surface area contributed by atoms with Crippen LogP contribution in [0.2, 0.25) is 8.67 Å². The molecule has 0 aliphatic heterocycles. The van der Waals surface area contributed by atoms with Gasteiger partial charge >= 0.3 is 0 Å². The Kier molecular flexibility index (Phi) is 4.32. The lowest BCUT2D eigenvalue weighted by atomic mass is 10.2. The van der Waals surface area contributed by atoms with Gasteiger partial charge in [0, 0.05) is 11.8 Å². The largest absolute Gasteiger partial charge is 0.480 e. The predicted molar refractivity (Wildman–Crippen MR) is 77.2 cm³/mol. The smallest absolute Gasteiger partial charge is 0.237 e. The van der Waals surface area contributed by atoms with Gasteiger partial charge in [-0.05, 0) is 25.1 Å². The van der Waals surface area contributed by atoms with Crippen LogP contribution in [-0.2, 0) is 0 Å². The van der Waals surface area contributed by atoms with E-state index in [1.807, 2.05) is 25.1 Å². The van der Waals surface area contributed by atoms with Crippen LogP contribution in [-0.4, -0.2) is 12.1 Å². The Morgan fingerprint density at radius 2 is 2.22 bits per heavy atom. The Morgan fingerprint density at radius 1 is 1.44 bits per heavy atom. The Morgan fingerprint density at radius 3 is 2.83 bits per heavy atom. The van der Waals surface area contributed by atoms with Gasteiger partial charge in [0.05, 0.1) is 27.5 Å². The molecule has 2 rings (SSSR count). The van der Waals surface area contributed by atoms with Crippen LogP contribution in [0.25, 0.3) is 0 Å². The molecule has 1 N–H and O–H groups in total. The van der Waals surface area contributed by atoms with Crippen molar-refractivity contribution in [3.8, 4) is 5.88 Å². The number of nitrogens with zero attached hydrogens (tertiary/aromatic N) is 1. The van der Waals surface area contributed by atoms with Gasteiger partial charge in [-0.25, -0.2) is 4.98 Å². The number of halogens is 2. The number of anilines is 1. The average molecular weight is 303 g/mol. The van der Waals surface area contributed by atoms with E-state index in [0.717, 1.165) is 11.3 Å². The standard InChI is InChI=1S/C12H12Cl2N2OS/c1-7(8-6-10(13)18-11(8)14)16-9-4-3-5-15-12(9)17-2/h3-7,16H,1-2H3. The van der Waals surface area contributed by atoms with Crippen molar-refractivity contribution < 1.29 is 4.74 Å². The summed E-state index contributed by atoms with van der Waals surface area (Å²) < 4.78 is 6.57. The first-order valence-corrected chi connectivity index (χ1v) is 6.89. The third-order valence-corrected chi connectivity index (χ3v) is 4.00. The highest BCUT2D eigenvalue weighted by Crippen LogP contribution is 2.36. The van der Waals surface area contributed by atoms with Gasteiger partial charge in [-0.15, -0.1) is 11.3 Å². The zero-order chi connectivity index (χ0) is 13.1. The molecule has 6 heteroatoms. The summed E-state index contributed by atoms with van der Waals surface area (Å²) in [7, 11) is 1.59. The Balaban J connectivity index is 2.21. The van der Waals surface area contributed by atoms with Crippen molar-refractivity contribution in [3.05, 3.63) is 38.6 Å². The quantitative estimate of drug-likeness (QED) is 0.894. The molecule has 2 aromatic heterocycles. The van der Waals surface area contributed by atoms with Crippen LogP contribution in [0.4, 0.5) is 5.69 Å². The molecule has 0 saturated heterocycles. The first kappa shape index (κ1) is 13.5. The van der Waals surface area contributed by atoms with Gasteiger partial charge in [0.15, 0.2) is 0 Å². The van der Waals surface area contributed by atoms with Crippen molar-refractivity contribution in [2.45, 2.75) is 13.0 Å². The van der Waals surface area contributed by atoms with E-state index in [0.29, 0.717) is 14.6 Å². The molecule has 2 aromatic rings. The molecule has 2 heterocycles. The van der Waals surface area contributed by atoms with Gasteiger partial charge in [-0.3, -0.25) is 0 Å². The first-order chi connectivity index (χ1) is 8.61. The maximum atomic E-state index is 6.13. The molecule has 0 amide bonds. The molecule has 3 nitrogen and oxygen atoms in total. The average Bonchev–Trinajstić information content (AvgIpc) is 2.69. The van der Waals surface area contributed by atoms with E-state index in [-0.39, 0.29) is 6.04 Å². The highest BCUT2D eigenvalue weighted by Gasteiger charge is 2.15. The molecule has 1 atom stereocenters. The van der Waals surface area contributed by atoms with E-state index in [1.54, 1.807) is 13.3 Å². The lowest BCUT2D eigenvalue weighted by Crippen LogP contribution is -2.07. The number of thiophene rings is 1. The summed E-state index contributed by atoms with van der Waals surface area (Å²) in [6.07, 6.45) is 1.68.